The Morgan fingerprint density at radius 1 is 1.44 bits per heavy atom. The summed E-state index contributed by atoms with van der Waals surface area (Å²) in [7, 11) is 0. The lowest BCUT2D eigenvalue weighted by Gasteiger charge is -2.12. The number of ketones is 1. The lowest BCUT2D eigenvalue weighted by atomic mass is 10.1. The van der Waals surface area contributed by atoms with Gasteiger partial charge < -0.3 is 19.7 Å². The van der Waals surface area contributed by atoms with Crippen LogP contribution in [0.2, 0.25) is 0 Å². The quantitative estimate of drug-likeness (QED) is 0.460. The van der Waals surface area contributed by atoms with Crippen molar-refractivity contribution >= 4 is 11.8 Å². The van der Waals surface area contributed by atoms with Crippen molar-refractivity contribution in [3.63, 3.8) is 0 Å². The molecule has 92 valence electrons. The van der Waals surface area contributed by atoms with Gasteiger partial charge in [0, 0.05) is 0 Å². The first-order valence-electron chi connectivity index (χ1n) is 5.12. The third-order valence-corrected chi connectivity index (χ3v) is 2.13. The van der Waals surface area contributed by atoms with Crippen molar-refractivity contribution in [2.75, 3.05) is 13.2 Å². The van der Waals surface area contributed by atoms with Gasteiger partial charge in [-0.25, -0.2) is 4.79 Å². The van der Waals surface area contributed by atoms with E-state index in [1.165, 1.54) is 0 Å². The Balaban J connectivity index is 2.60. The third-order valence-electron chi connectivity index (χ3n) is 2.13. The van der Waals surface area contributed by atoms with E-state index in [0.29, 0.717) is 0 Å². The molecule has 6 heteroatoms. The van der Waals surface area contributed by atoms with Gasteiger partial charge in [-0.1, -0.05) is 13.8 Å². The van der Waals surface area contributed by atoms with Crippen LogP contribution in [0.3, 0.4) is 0 Å². The van der Waals surface area contributed by atoms with Crippen molar-refractivity contribution in [1.82, 2.24) is 0 Å². The zero-order valence-corrected chi connectivity index (χ0v) is 9.25. The van der Waals surface area contributed by atoms with Crippen LogP contribution in [0.5, 0.6) is 0 Å². The maximum atomic E-state index is 11.6. The molecule has 0 bridgehead atoms. The monoisotopic (exact) mass is 232 g/mol. The molecule has 0 saturated carbocycles. The van der Waals surface area contributed by atoms with E-state index in [0.717, 1.165) is 0 Å². The molecule has 2 N–H and O–H groups in total. The van der Waals surface area contributed by atoms with Gasteiger partial charge in [-0.15, -0.1) is 0 Å². The summed E-state index contributed by atoms with van der Waals surface area (Å²) in [6.45, 7) is 3.38. The first-order chi connectivity index (χ1) is 7.47. The summed E-state index contributed by atoms with van der Waals surface area (Å²) in [4.78, 5) is 22.9. The Kier molecular flexibility index (Phi) is 4.40. The fraction of sp³-hybridized carbons (Fsp3) is 0.800. The van der Waals surface area contributed by atoms with Gasteiger partial charge in [0.15, 0.2) is 6.10 Å². The largest absolute Gasteiger partial charge is 0.449 e. The minimum atomic E-state index is -1.39. The molecule has 0 spiro atoms. The average Bonchev–Trinajstić information content (AvgIpc) is 2.51. The molecular weight excluding hydrogens is 216 g/mol. The molecule has 6 nitrogen and oxygen atoms in total. The summed E-state index contributed by atoms with van der Waals surface area (Å²) >= 11 is 0. The second-order valence-electron chi connectivity index (χ2n) is 4.12. The number of hydrogen-bond acceptors (Lipinski definition) is 6. The van der Waals surface area contributed by atoms with Gasteiger partial charge in [0.1, 0.15) is 6.10 Å². The smallest absolute Gasteiger partial charge is 0.344 e. The van der Waals surface area contributed by atoms with Crippen LogP contribution in [-0.2, 0) is 19.1 Å². The molecule has 1 aliphatic heterocycles. The van der Waals surface area contributed by atoms with Crippen molar-refractivity contribution in [2.24, 2.45) is 5.92 Å². The van der Waals surface area contributed by atoms with Crippen LogP contribution in [0.15, 0.2) is 0 Å². The molecule has 0 aliphatic carbocycles. The maximum Gasteiger partial charge on any atom is 0.344 e. The molecule has 0 aromatic carbocycles. The van der Waals surface area contributed by atoms with E-state index in [2.05, 4.69) is 4.74 Å². The van der Waals surface area contributed by atoms with Gasteiger partial charge in [0.05, 0.1) is 13.2 Å². The number of esters is 1. The zero-order chi connectivity index (χ0) is 12.3. The number of rotatable bonds is 5. The Hall–Kier alpha value is -0.980. The van der Waals surface area contributed by atoms with Crippen LogP contribution in [0.25, 0.3) is 0 Å². The predicted molar refractivity (Wildman–Crippen MR) is 52.6 cm³/mol. The summed E-state index contributed by atoms with van der Waals surface area (Å²) in [6.07, 6.45) is -3.97. The van der Waals surface area contributed by atoms with Crippen molar-refractivity contribution in [2.45, 2.75) is 32.2 Å². The molecule has 16 heavy (non-hydrogen) atoms. The van der Waals surface area contributed by atoms with Crippen LogP contribution in [0, 0.1) is 5.92 Å². The molecule has 0 aromatic heterocycles. The number of aliphatic hydroxyl groups is 2. The van der Waals surface area contributed by atoms with E-state index in [1.807, 2.05) is 13.8 Å². The highest BCUT2D eigenvalue weighted by Crippen LogP contribution is 2.17. The number of carbonyl (C=O) groups is 2. The highest BCUT2D eigenvalue weighted by atomic mass is 16.6. The normalized spacial score (nSPS) is 27.3. The number of aliphatic hydroxyl groups excluding tert-OH is 2. The summed E-state index contributed by atoms with van der Waals surface area (Å²) in [5, 5.41) is 17.9. The molecule has 1 saturated heterocycles. The molecule has 1 rings (SSSR count). The number of cyclic esters (lactones) is 1. The topological polar surface area (TPSA) is 93.1 Å². The van der Waals surface area contributed by atoms with Gasteiger partial charge in [-0.2, -0.15) is 0 Å². The predicted octanol–water partition coefficient (Wildman–Crippen LogP) is -1.12. The van der Waals surface area contributed by atoms with Gasteiger partial charge in [0.2, 0.25) is 11.9 Å². The molecule has 0 amide bonds. The van der Waals surface area contributed by atoms with Gasteiger partial charge >= 0.3 is 5.97 Å². The van der Waals surface area contributed by atoms with Crippen molar-refractivity contribution in [3.8, 4) is 0 Å². The molecule has 0 radical (unpaired) electrons. The Morgan fingerprint density at radius 3 is 2.56 bits per heavy atom. The lowest BCUT2D eigenvalue weighted by molar-refractivity contribution is -0.153. The molecule has 0 aromatic rings. The maximum absolute atomic E-state index is 11.6. The van der Waals surface area contributed by atoms with Crippen LogP contribution in [0.4, 0.5) is 0 Å². The van der Waals surface area contributed by atoms with E-state index >= 15 is 0 Å². The van der Waals surface area contributed by atoms with E-state index in [9.17, 15) is 14.7 Å². The van der Waals surface area contributed by atoms with E-state index < -0.39 is 36.7 Å². The van der Waals surface area contributed by atoms with Crippen LogP contribution in [0.1, 0.15) is 13.8 Å². The van der Waals surface area contributed by atoms with Crippen LogP contribution >= 0.6 is 0 Å². The summed E-state index contributed by atoms with van der Waals surface area (Å²) in [6, 6.07) is 0. The molecular formula is C10H16O6. The number of ether oxygens (including phenoxy) is 2. The van der Waals surface area contributed by atoms with Crippen LogP contribution in [-0.4, -0.2) is 53.5 Å². The molecule has 3 atom stereocenters. The minimum Gasteiger partial charge on any atom is -0.449 e. The first-order valence-corrected chi connectivity index (χ1v) is 5.12. The summed E-state index contributed by atoms with van der Waals surface area (Å²) in [5.41, 5.74) is 0. The molecule has 1 fully saturated rings. The highest BCUT2D eigenvalue weighted by molar-refractivity contribution is 6.09. The van der Waals surface area contributed by atoms with Gasteiger partial charge in [-0.05, 0) is 5.92 Å². The van der Waals surface area contributed by atoms with Gasteiger partial charge in [0.25, 0.3) is 0 Å². The lowest BCUT2D eigenvalue weighted by Crippen LogP contribution is -2.37. The SMILES string of the molecule is CC(C)COC1C(=O)O[C@H]([C@@H](O)CO)C1=O. The first kappa shape index (κ1) is 13.1. The highest BCUT2D eigenvalue weighted by Gasteiger charge is 2.47. The second-order valence-corrected chi connectivity index (χ2v) is 4.12. The van der Waals surface area contributed by atoms with E-state index in [4.69, 9.17) is 9.84 Å². The fourth-order valence-corrected chi connectivity index (χ4v) is 1.31. The van der Waals surface area contributed by atoms with Crippen molar-refractivity contribution in [1.29, 1.82) is 0 Å². The fourth-order valence-electron chi connectivity index (χ4n) is 1.31. The molecule has 1 unspecified atom stereocenters. The Bertz CT molecular complexity index is 274. The second kappa shape index (κ2) is 5.38. The standard InChI is InChI=1S/C10H16O6/c1-5(2)4-15-9-7(13)8(6(12)3-11)16-10(9)14/h5-6,8-9,11-12H,3-4H2,1-2H3/t6-,8+,9?/m0/s1. The molecule has 1 heterocycles. The number of Topliss-reactive ketones (excluding diaryl/α,β-unsaturated/α-hetero) is 1. The zero-order valence-electron chi connectivity index (χ0n) is 9.25. The summed E-state index contributed by atoms with van der Waals surface area (Å²) < 4.78 is 9.74. The van der Waals surface area contributed by atoms with Gasteiger partial charge in [-0.3, -0.25) is 4.79 Å². The number of carbonyl (C=O) groups excluding carboxylic acids is 2. The van der Waals surface area contributed by atoms with E-state index in [-0.39, 0.29) is 12.5 Å². The van der Waals surface area contributed by atoms with Crippen molar-refractivity contribution < 1.29 is 29.3 Å². The third kappa shape index (κ3) is 2.78. The Labute approximate surface area is 93.2 Å². The number of hydrogen-bond donors (Lipinski definition) is 2. The molecule has 1 aliphatic rings. The van der Waals surface area contributed by atoms with Crippen LogP contribution < -0.4 is 0 Å². The summed E-state index contributed by atoms with van der Waals surface area (Å²) in [5.74, 6) is -1.25. The minimum absolute atomic E-state index is 0.183. The van der Waals surface area contributed by atoms with E-state index in [1.54, 1.807) is 0 Å². The Morgan fingerprint density at radius 2 is 2.06 bits per heavy atom. The van der Waals surface area contributed by atoms with Crippen molar-refractivity contribution in [3.05, 3.63) is 0 Å². The average molecular weight is 232 g/mol.